The van der Waals surface area contributed by atoms with Gasteiger partial charge in [0.2, 0.25) is 0 Å². The molecule has 7 nitrogen and oxygen atoms in total. The number of unbranched alkanes of at least 4 members (excludes halogenated alkanes) is 2. The molecule has 0 spiro atoms. The van der Waals surface area contributed by atoms with Crippen molar-refractivity contribution < 1.29 is 9.90 Å². The maximum absolute atomic E-state index is 10.4. The van der Waals surface area contributed by atoms with Crippen LogP contribution in [0.5, 0.6) is 0 Å². The summed E-state index contributed by atoms with van der Waals surface area (Å²) in [4.78, 5) is 18.9. The fraction of sp³-hybridized carbons (Fsp3) is 0.500. The van der Waals surface area contributed by atoms with Gasteiger partial charge in [0.25, 0.3) is 0 Å². The monoisotopic (exact) mass is 289 g/mol. The largest absolute Gasteiger partial charge is 0.481 e. The van der Waals surface area contributed by atoms with Crippen LogP contribution in [0.3, 0.4) is 0 Å². The number of aryl methyl sites for hydroxylation is 2. The van der Waals surface area contributed by atoms with E-state index in [-0.39, 0.29) is 6.42 Å². The van der Waals surface area contributed by atoms with Crippen molar-refractivity contribution in [3.8, 4) is 11.3 Å². The smallest absolute Gasteiger partial charge is 0.303 e. The molecule has 0 bridgehead atoms. The van der Waals surface area contributed by atoms with Crippen molar-refractivity contribution in [2.24, 2.45) is 0 Å². The van der Waals surface area contributed by atoms with Gasteiger partial charge in [-0.25, -0.2) is 9.97 Å². The quantitative estimate of drug-likeness (QED) is 0.746. The molecule has 112 valence electrons. The Morgan fingerprint density at radius 3 is 2.67 bits per heavy atom. The second-order valence-electron chi connectivity index (χ2n) is 4.81. The summed E-state index contributed by atoms with van der Waals surface area (Å²) in [7, 11) is 0. The minimum absolute atomic E-state index is 0.226. The first-order chi connectivity index (χ1) is 10.2. The van der Waals surface area contributed by atoms with Crippen molar-refractivity contribution >= 4 is 5.97 Å². The summed E-state index contributed by atoms with van der Waals surface area (Å²) in [6.07, 6.45) is 8.87. The number of carboxylic acids is 1. The van der Waals surface area contributed by atoms with E-state index in [0.717, 1.165) is 42.9 Å². The first-order valence-corrected chi connectivity index (χ1v) is 7.12. The van der Waals surface area contributed by atoms with Crippen LogP contribution in [-0.2, 0) is 17.8 Å². The molecule has 0 aliphatic rings. The van der Waals surface area contributed by atoms with Crippen molar-refractivity contribution in [2.75, 3.05) is 0 Å². The number of nitrogens with zero attached hydrogens (tertiary/aromatic N) is 5. The second-order valence-corrected chi connectivity index (χ2v) is 4.81. The van der Waals surface area contributed by atoms with Crippen LogP contribution in [-0.4, -0.2) is 36.0 Å². The zero-order valence-electron chi connectivity index (χ0n) is 12.1. The third kappa shape index (κ3) is 4.62. The van der Waals surface area contributed by atoms with E-state index >= 15 is 0 Å². The van der Waals surface area contributed by atoms with Crippen LogP contribution in [0, 0.1) is 0 Å². The fourth-order valence-electron chi connectivity index (χ4n) is 1.94. The lowest BCUT2D eigenvalue weighted by atomic mass is 10.2. The van der Waals surface area contributed by atoms with Crippen molar-refractivity contribution in [3.63, 3.8) is 0 Å². The Bertz CT molecular complexity index is 579. The number of carboxylic acid groups (broad SMARTS) is 1. The molecular weight excluding hydrogens is 270 g/mol. The maximum Gasteiger partial charge on any atom is 0.303 e. The van der Waals surface area contributed by atoms with E-state index in [0.29, 0.717) is 6.42 Å². The van der Waals surface area contributed by atoms with E-state index < -0.39 is 5.97 Å². The number of rotatable bonds is 8. The maximum atomic E-state index is 10.4. The third-order valence-electron chi connectivity index (χ3n) is 3.13. The van der Waals surface area contributed by atoms with Gasteiger partial charge in [0, 0.05) is 37.3 Å². The summed E-state index contributed by atoms with van der Waals surface area (Å²) < 4.78 is 1.77. The Morgan fingerprint density at radius 1 is 1.24 bits per heavy atom. The molecule has 0 amide bonds. The highest BCUT2D eigenvalue weighted by atomic mass is 16.4. The Balaban J connectivity index is 1.84. The number of hydrogen-bond acceptors (Lipinski definition) is 5. The molecule has 0 aliphatic heterocycles. The van der Waals surface area contributed by atoms with Gasteiger partial charge < -0.3 is 5.11 Å². The van der Waals surface area contributed by atoms with Gasteiger partial charge in [0.05, 0.1) is 6.20 Å². The fourth-order valence-corrected chi connectivity index (χ4v) is 1.94. The van der Waals surface area contributed by atoms with Gasteiger partial charge in [0.1, 0.15) is 11.5 Å². The van der Waals surface area contributed by atoms with Crippen LogP contribution < -0.4 is 0 Å². The molecule has 21 heavy (non-hydrogen) atoms. The highest BCUT2D eigenvalue weighted by molar-refractivity contribution is 5.66. The Kier molecular flexibility index (Phi) is 5.36. The number of aliphatic carboxylic acids is 1. The van der Waals surface area contributed by atoms with Crippen molar-refractivity contribution in [2.45, 2.75) is 45.6 Å². The predicted molar refractivity (Wildman–Crippen MR) is 76.5 cm³/mol. The van der Waals surface area contributed by atoms with E-state index in [1.165, 1.54) is 0 Å². The lowest BCUT2D eigenvalue weighted by Crippen LogP contribution is -2.00. The summed E-state index contributed by atoms with van der Waals surface area (Å²) in [5.41, 5.74) is 1.60. The minimum Gasteiger partial charge on any atom is -0.481 e. The highest BCUT2D eigenvalue weighted by Crippen LogP contribution is 2.14. The van der Waals surface area contributed by atoms with Gasteiger partial charge in [0.15, 0.2) is 0 Å². The van der Waals surface area contributed by atoms with E-state index in [4.69, 9.17) is 5.11 Å². The van der Waals surface area contributed by atoms with Gasteiger partial charge in [-0.15, -0.1) is 5.10 Å². The molecule has 0 fully saturated rings. The molecular formula is C14H19N5O2. The van der Waals surface area contributed by atoms with Crippen LogP contribution in [0.15, 0.2) is 18.6 Å². The molecule has 1 N–H and O–H groups in total. The minimum atomic E-state index is -0.742. The Hall–Kier alpha value is -2.31. The molecule has 0 radical (unpaired) electrons. The zero-order valence-corrected chi connectivity index (χ0v) is 12.1. The number of aromatic nitrogens is 5. The normalized spacial score (nSPS) is 10.7. The molecule has 2 aromatic heterocycles. The standard InChI is InChI=1S/C14H19N5O2/c1-2-13-15-8-11(9-16-13)12-10-19(18-17-12)7-5-3-4-6-14(20)21/h8-10H,2-7H2,1H3,(H,20,21). The first kappa shape index (κ1) is 15.1. The SMILES string of the molecule is CCc1ncc(-c2cn(CCCCCC(=O)O)nn2)cn1. The summed E-state index contributed by atoms with van der Waals surface area (Å²) >= 11 is 0. The lowest BCUT2D eigenvalue weighted by Gasteiger charge is -1.99. The van der Waals surface area contributed by atoms with Crippen molar-refractivity contribution in [3.05, 3.63) is 24.4 Å². The van der Waals surface area contributed by atoms with Gasteiger partial charge >= 0.3 is 5.97 Å². The third-order valence-corrected chi connectivity index (χ3v) is 3.13. The van der Waals surface area contributed by atoms with Crippen molar-refractivity contribution in [1.29, 1.82) is 0 Å². The molecule has 2 aromatic rings. The Labute approximate surface area is 123 Å². The molecule has 0 aromatic carbocycles. The van der Waals surface area contributed by atoms with Crippen LogP contribution >= 0.6 is 0 Å². The average molecular weight is 289 g/mol. The summed E-state index contributed by atoms with van der Waals surface area (Å²) in [5.74, 6) is 0.0677. The average Bonchev–Trinajstić information content (AvgIpc) is 2.95. The van der Waals surface area contributed by atoms with Gasteiger partial charge in [-0.05, 0) is 12.8 Å². The van der Waals surface area contributed by atoms with Gasteiger partial charge in [-0.3, -0.25) is 9.48 Å². The molecule has 2 heterocycles. The lowest BCUT2D eigenvalue weighted by molar-refractivity contribution is -0.137. The van der Waals surface area contributed by atoms with E-state index in [9.17, 15) is 4.79 Å². The van der Waals surface area contributed by atoms with E-state index in [2.05, 4.69) is 20.3 Å². The topological polar surface area (TPSA) is 93.8 Å². The van der Waals surface area contributed by atoms with Crippen LogP contribution in [0.4, 0.5) is 0 Å². The Morgan fingerprint density at radius 2 is 2.00 bits per heavy atom. The molecule has 0 aliphatic carbocycles. The summed E-state index contributed by atoms with van der Waals surface area (Å²) in [6.45, 7) is 2.75. The number of hydrogen-bond donors (Lipinski definition) is 1. The van der Waals surface area contributed by atoms with Crippen LogP contribution in [0.2, 0.25) is 0 Å². The van der Waals surface area contributed by atoms with E-state index in [1.807, 2.05) is 13.1 Å². The zero-order chi connectivity index (χ0) is 15.1. The molecule has 0 unspecified atom stereocenters. The van der Waals surface area contributed by atoms with Gasteiger partial charge in [-0.1, -0.05) is 18.6 Å². The van der Waals surface area contributed by atoms with Gasteiger partial charge in [-0.2, -0.15) is 0 Å². The van der Waals surface area contributed by atoms with Crippen molar-refractivity contribution in [1.82, 2.24) is 25.0 Å². The molecule has 7 heteroatoms. The first-order valence-electron chi connectivity index (χ1n) is 7.12. The summed E-state index contributed by atoms with van der Waals surface area (Å²) in [6, 6.07) is 0. The molecule has 2 rings (SSSR count). The van der Waals surface area contributed by atoms with Crippen LogP contribution in [0.25, 0.3) is 11.3 Å². The van der Waals surface area contributed by atoms with Crippen LogP contribution in [0.1, 0.15) is 38.4 Å². The molecule has 0 atom stereocenters. The second kappa shape index (κ2) is 7.47. The summed E-state index contributed by atoms with van der Waals surface area (Å²) in [5, 5.41) is 16.7. The molecule has 0 saturated heterocycles. The highest BCUT2D eigenvalue weighted by Gasteiger charge is 2.05. The number of carbonyl (C=O) groups is 1. The van der Waals surface area contributed by atoms with E-state index in [1.54, 1.807) is 17.1 Å². The molecule has 0 saturated carbocycles. The predicted octanol–water partition coefficient (Wildman–Crippen LogP) is 1.94.